The SMILES string of the molecule is Nc1ccc(CCC(=O)NC2CCCS(=O)(=O)C2)cc1. The van der Waals surface area contributed by atoms with E-state index in [9.17, 15) is 13.2 Å². The number of sulfone groups is 1. The summed E-state index contributed by atoms with van der Waals surface area (Å²) in [5.41, 5.74) is 7.34. The van der Waals surface area contributed by atoms with Gasteiger partial charge in [0.2, 0.25) is 5.91 Å². The molecule has 1 aliphatic heterocycles. The van der Waals surface area contributed by atoms with Crippen molar-refractivity contribution in [3.8, 4) is 0 Å². The molecule has 0 saturated carbocycles. The summed E-state index contributed by atoms with van der Waals surface area (Å²) < 4.78 is 23.0. The number of carbonyl (C=O) groups is 1. The van der Waals surface area contributed by atoms with Gasteiger partial charge in [-0.15, -0.1) is 0 Å². The standard InChI is InChI=1S/C14H20N2O3S/c15-12-6-3-11(4-7-12)5-8-14(17)16-13-2-1-9-20(18,19)10-13/h3-4,6-7,13H,1-2,5,8-10,15H2,(H,16,17). The Bertz CT molecular complexity index is 567. The number of benzene rings is 1. The summed E-state index contributed by atoms with van der Waals surface area (Å²) in [5.74, 6) is 0.217. The van der Waals surface area contributed by atoms with Gasteiger partial charge < -0.3 is 11.1 Å². The minimum Gasteiger partial charge on any atom is -0.399 e. The molecular weight excluding hydrogens is 276 g/mol. The van der Waals surface area contributed by atoms with Crippen LogP contribution < -0.4 is 11.1 Å². The molecule has 0 aliphatic carbocycles. The molecule has 0 aromatic heterocycles. The second kappa shape index (κ2) is 6.26. The Morgan fingerprint density at radius 1 is 1.30 bits per heavy atom. The lowest BCUT2D eigenvalue weighted by atomic mass is 10.1. The highest BCUT2D eigenvalue weighted by molar-refractivity contribution is 7.91. The molecule has 1 amide bonds. The summed E-state index contributed by atoms with van der Waals surface area (Å²) in [7, 11) is -2.98. The summed E-state index contributed by atoms with van der Waals surface area (Å²) in [4.78, 5) is 11.8. The van der Waals surface area contributed by atoms with Crippen LogP contribution in [-0.4, -0.2) is 31.9 Å². The van der Waals surface area contributed by atoms with E-state index in [4.69, 9.17) is 5.73 Å². The van der Waals surface area contributed by atoms with Gasteiger partial charge in [0.15, 0.2) is 9.84 Å². The summed E-state index contributed by atoms with van der Waals surface area (Å²) in [6, 6.07) is 7.18. The van der Waals surface area contributed by atoms with Crippen molar-refractivity contribution in [3.63, 3.8) is 0 Å². The van der Waals surface area contributed by atoms with E-state index in [-0.39, 0.29) is 23.5 Å². The molecule has 20 heavy (non-hydrogen) atoms. The van der Waals surface area contributed by atoms with Gasteiger partial charge in [-0.25, -0.2) is 8.42 Å². The van der Waals surface area contributed by atoms with Gasteiger partial charge in [-0.3, -0.25) is 4.79 Å². The van der Waals surface area contributed by atoms with Gasteiger partial charge in [-0.05, 0) is 37.0 Å². The van der Waals surface area contributed by atoms with E-state index in [2.05, 4.69) is 5.32 Å². The van der Waals surface area contributed by atoms with Gasteiger partial charge in [0, 0.05) is 18.2 Å². The Labute approximate surface area is 119 Å². The van der Waals surface area contributed by atoms with Gasteiger partial charge in [0.05, 0.1) is 11.5 Å². The zero-order chi connectivity index (χ0) is 14.6. The van der Waals surface area contributed by atoms with E-state index in [1.54, 1.807) is 12.1 Å². The first kappa shape index (κ1) is 14.8. The van der Waals surface area contributed by atoms with Gasteiger partial charge in [-0.2, -0.15) is 0 Å². The highest BCUT2D eigenvalue weighted by Crippen LogP contribution is 2.12. The van der Waals surface area contributed by atoms with Gasteiger partial charge in [-0.1, -0.05) is 12.1 Å². The third-order valence-corrected chi connectivity index (χ3v) is 5.27. The smallest absolute Gasteiger partial charge is 0.220 e. The van der Waals surface area contributed by atoms with Crippen LogP contribution in [0.2, 0.25) is 0 Å². The number of hydrogen-bond acceptors (Lipinski definition) is 4. The predicted octanol–water partition coefficient (Wildman–Crippen LogP) is 0.895. The first-order chi connectivity index (χ1) is 9.44. The fourth-order valence-electron chi connectivity index (χ4n) is 2.38. The zero-order valence-corrected chi connectivity index (χ0v) is 12.2. The molecule has 5 nitrogen and oxygen atoms in total. The average molecular weight is 296 g/mol. The summed E-state index contributed by atoms with van der Waals surface area (Å²) in [6.07, 6.45) is 2.37. The molecule has 0 bridgehead atoms. The Morgan fingerprint density at radius 3 is 2.65 bits per heavy atom. The predicted molar refractivity (Wildman–Crippen MR) is 79.0 cm³/mol. The Morgan fingerprint density at radius 2 is 2.00 bits per heavy atom. The van der Waals surface area contributed by atoms with Gasteiger partial charge >= 0.3 is 0 Å². The minimum atomic E-state index is -2.98. The maximum absolute atomic E-state index is 11.8. The maximum Gasteiger partial charge on any atom is 0.220 e. The average Bonchev–Trinajstić information content (AvgIpc) is 2.37. The molecule has 0 spiro atoms. The Hall–Kier alpha value is -1.56. The number of amides is 1. The molecule has 1 fully saturated rings. The fourth-order valence-corrected chi connectivity index (χ4v) is 4.01. The number of aryl methyl sites for hydroxylation is 1. The number of carbonyl (C=O) groups excluding carboxylic acids is 1. The van der Waals surface area contributed by atoms with Crippen LogP contribution in [0.4, 0.5) is 5.69 Å². The van der Waals surface area contributed by atoms with Crippen molar-refractivity contribution in [1.29, 1.82) is 0 Å². The van der Waals surface area contributed by atoms with Gasteiger partial charge in [0.1, 0.15) is 0 Å². The van der Waals surface area contributed by atoms with Crippen molar-refractivity contribution in [1.82, 2.24) is 5.32 Å². The van der Waals surface area contributed by atoms with Gasteiger partial charge in [0.25, 0.3) is 0 Å². The molecule has 2 rings (SSSR count). The molecular formula is C14H20N2O3S. The van der Waals surface area contributed by atoms with Crippen LogP contribution in [-0.2, 0) is 21.1 Å². The number of nitrogens with two attached hydrogens (primary N) is 1. The molecule has 1 heterocycles. The van der Waals surface area contributed by atoms with E-state index >= 15 is 0 Å². The molecule has 1 atom stereocenters. The van der Waals surface area contributed by atoms with Crippen LogP contribution >= 0.6 is 0 Å². The lowest BCUT2D eigenvalue weighted by Crippen LogP contribution is -2.43. The maximum atomic E-state index is 11.8. The van der Waals surface area contributed by atoms with Crippen molar-refractivity contribution in [3.05, 3.63) is 29.8 Å². The van der Waals surface area contributed by atoms with Crippen molar-refractivity contribution in [2.75, 3.05) is 17.2 Å². The Kier molecular flexibility index (Phi) is 4.65. The first-order valence-corrected chi connectivity index (χ1v) is 8.61. The second-order valence-electron chi connectivity index (χ2n) is 5.26. The van der Waals surface area contributed by atoms with Crippen molar-refractivity contribution < 1.29 is 13.2 Å². The second-order valence-corrected chi connectivity index (χ2v) is 7.49. The number of nitrogens with one attached hydrogen (secondary N) is 1. The van der Waals surface area contributed by atoms with Crippen molar-refractivity contribution >= 4 is 21.4 Å². The monoisotopic (exact) mass is 296 g/mol. The lowest BCUT2D eigenvalue weighted by molar-refractivity contribution is -0.121. The molecule has 110 valence electrons. The zero-order valence-electron chi connectivity index (χ0n) is 11.3. The van der Waals surface area contributed by atoms with E-state index < -0.39 is 9.84 Å². The topological polar surface area (TPSA) is 89.3 Å². The molecule has 0 radical (unpaired) electrons. The van der Waals surface area contributed by atoms with Crippen LogP contribution in [0.25, 0.3) is 0 Å². The number of nitrogen functional groups attached to an aromatic ring is 1. The van der Waals surface area contributed by atoms with Crippen LogP contribution in [0.3, 0.4) is 0 Å². The Balaban J connectivity index is 1.79. The quantitative estimate of drug-likeness (QED) is 0.808. The highest BCUT2D eigenvalue weighted by Gasteiger charge is 2.25. The molecule has 6 heteroatoms. The summed E-state index contributed by atoms with van der Waals surface area (Å²) >= 11 is 0. The van der Waals surface area contributed by atoms with Crippen LogP contribution in [0.5, 0.6) is 0 Å². The molecule has 1 aliphatic rings. The molecule has 1 saturated heterocycles. The van der Waals surface area contributed by atoms with Crippen LogP contribution in [0.15, 0.2) is 24.3 Å². The lowest BCUT2D eigenvalue weighted by Gasteiger charge is -2.23. The largest absolute Gasteiger partial charge is 0.399 e. The van der Waals surface area contributed by atoms with E-state index in [1.807, 2.05) is 12.1 Å². The fraction of sp³-hybridized carbons (Fsp3) is 0.500. The number of rotatable bonds is 4. The molecule has 1 aromatic rings. The molecule has 1 aromatic carbocycles. The highest BCUT2D eigenvalue weighted by atomic mass is 32.2. The van der Waals surface area contributed by atoms with Crippen molar-refractivity contribution in [2.45, 2.75) is 31.7 Å². The van der Waals surface area contributed by atoms with E-state index in [0.29, 0.717) is 24.9 Å². The van der Waals surface area contributed by atoms with Crippen molar-refractivity contribution in [2.24, 2.45) is 0 Å². The number of hydrogen-bond donors (Lipinski definition) is 2. The summed E-state index contributed by atoms with van der Waals surface area (Å²) in [5, 5.41) is 2.81. The van der Waals surface area contributed by atoms with Crippen LogP contribution in [0, 0.1) is 0 Å². The minimum absolute atomic E-state index is 0.0701. The van der Waals surface area contributed by atoms with E-state index in [0.717, 1.165) is 12.0 Å². The summed E-state index contributed by atoms with van der Waals surface area (Å²) in [6.45, 7) is 0. The first-order valence-electron chi connectivity index (χ1n) is 6.79. The van der Waals surface area contributed by atoms with E-state index in [1.165, 1.54) is 0 Å². The van der Waals surface area contributed by atoms with Crippen LogP contribution in [0.1, 0.15) is 24.8 Å². The molecule has 3 N–H and O–H groups in total. The third kappa shape index (κ3) is 4.52. The third-order valence-electron chi connectivity index (χ3n) is 3.45. The molecule has 1 unspecified atom stereocenters. The normalized spacial score (nSPS) is 21.3. The number of anilines is 1.